The fourth-order valence-electron chi connectivity index (χ4n) is 3.57. The highest BCUT2D eigenvalue weighted by Gasteiger charge is 2.22. The Bertz CT molecular complexity index is 639. The summed E-state index contributed by atoms with van der Waals surface area (Å²) in [6.45, 7) is 3.52. The number of rotatable bonds is 24. The Hall–Kier alpha value is -1.48. The number of carbonyl (C=O) groups excluding carboxylic acids is 3. The van der Waals surface area contributed by atoms with Crippen LogP contribution in [0.4, 0.5) is 0 Å². The highest BCUT2D eigenvalue weighted by Crippen LogP contribution is 2.35. The molecule has 0 radical (unpaired) electrons. The van der Waals surface area contributed by atoms with Crippen LogP contribution >= 0.6 is 7.82 Å². The van der Waals surface area contributed by atoms with Crippen molar-refractivity contribution in [2.45, 2.75) is 123 Å². The van der Waals surface area contributed by atoms with Gasteiger partial charge in [-0.05, 0) is 19.3 Å². The average molecular weight is 538 g/mol. The summed E-state index contributed by atoms with van der Waals surface area (Å²) in [7, 11) is -4.74. The van der Waals surface area contributed by atoms with Crippen molar-refractivity contribution in [1.82, 2.24) is 5.32 Å². The molecule has 0 unspecified atom stereocenters. The molecule has 1 amide bonds. The quantitative estimate of drug-likeness (QED) is 0.0883. The average Bonchev–Trinajstić information content (AvgIpc) is 2.80. The molecular weight excluding hydrogens is 489 g/mol. The van der Waals surface area contributed by atoms with E-state index in [1.54, 1.807) is 0 Å². The van der Waals surface area contributed by atoms with E-state index < -0.39 is 32.5 Å². The second-order valence-electron chi connectivity index (χ2n) is 9.16. The number of hydrogen-bond acceptors (Lipinski definition) is 7. The molecule has 0 saturated heterocycles. The lowest BCUT2D eigenvalue weighted by Crippen LogP contribution is -2.29. The van der Waals surface area contributed by atoms with Crippen LogP contribution in [0.15, 0.2) is 0 Å². The van der Waals surface area contributed by atoms with Gasteiger partial charge < -0.3 is 24.6 Å². The van der Waals surface area contributed by atoms with Crippen molar-refractivity contribution in [3.8, 4) is 0 Å². The molecule has 0 fully saturated rings. The Balaban J connectivity index is 4.03. The lowest BCUT2D eigenvalue weighted by atomic mass is 10.1. The van der Waals surface area contributed by atoms with Crippen molar-refractivity contribution in [2.75, 3.05) is 19.8 Å². The third-order valence-electron chi connectivity index (χ3n) is 5.57. The molecule has 0 aromatic rings. The van der Waals surface area contributed by atoms with Crippen molar-refractivity contribution >= 4 is 25.7 Å². The maximum Gasteiger partial charge on any atom is 0.469 e. The van der Waals surface area contributed by atoms with Crippen molar-refractivity contribution in [3.05, 3.63) is 0 Å². The molecule has 0 saturated carbocycles. The Kier molecular flexibility index (Phi) is 21.8. The second-order valence-corrected chi connectivity index (χ2v) is 10.4. The molecule has 36 heavy (non-hydrogen) atoms. The summed E-state index contributed by atoms with van der Waals surface area (Å²) < 4.78 is 25.9. The molecular formula is C25H48NO9P. The zero-order valence-corrected chi connectivity index (χ0v) is 23.1. The van der Waals surface area contributed by atoms with Crippen molar-refractivity contribution in [2.24, 2.45) is 0 Å². The maximum absolute atomic E-state index is 12.1. The lowest BCUT2D eigenvalue weighted by Gasteiger charge is -2.18. The summed E-state index contributed by atoms with van der Waals surface area (Å²) in [4.78, 5) is 52.7. The van der Waals surface area contributed by atoms with Gasteiger partial charge in [-0.25, -0.2) is 4.57 Å². The summed E-state index contributed by atoms with van der Waals surface area (Å²) >= 11 is 0. The van der Waals surface area contributed by atoms with Gasteiger partial charge in [0, 0.05) is 26.3 Å². The van der Waals surface area contributed by atoms with Gasteiger partial charge in [-0.2, -0.15) is 0 Å². The maximum atomic E-state index is 12.1. The monoisotopic (exact) mass is 537 g/mol. The molecule has 0 spiro atoms. The van der Waals surface area contributed by atoms with Gasteiger partial charge >= 0.3 is 19.8 Å². The van der Waals surface area contributed by atoms with Crippen LogP contribution in [0.5, 0.6) is 0 Å². The topological polar surface area (TPSA) is 148 Å². The summed E-state index contributed by atoms with van der Waals surface area (Å²) in [5.41, 5.74) is 0. The smallest absolute Gasteiger partial charge is 0.462 e. The van der Waals surface area contributed by atoms with Crippen LogP contribution in [0, 0.1) is 0 Å². The first-order valence-electron chi connectivity index (χ1n) is 13.4. The van der Waals surface area contributed by atoms with Crippen LogP contribution in [0.1, 0.15) is 117 Å². The van der Waals surface area contributed by atoms with E-state index >= 15 is 0 Å². The molecule has 0 aliphatic rings. The Morgan fingerprint density at radius 3 is 1.78 bits per heavy atom. The summed E-state index contributed by atoms with van der Waals surface area (Å²) in [6.07, 6.45) is 13.4. The van der Waals surface area contributed by atoms with Gasteiger partial charge in [-0.3, -0.25) is 18.9 Å². The van der Waals surface area contributed by atoms with Crippen molar-refractivity contribution in [1.29, 1.82) is 0 Å². The molecule has 212 valence electrons. The number of phosphoric ester groups is 1. The molecule has 0 aliphatic carbocycles. The molecule has 1 atom stereocenters. The second kappa shape index (κ2) is 22.7. The first-order chi connectivity index (χ1) is 17.1. The number of ether oxygens (including phenoxy) is 2. The van der Waals surface area contributed by atoms with Gasteiger partial charge in [0.05, 0.1) is 6.61 Å². The molecule has 0 rings (SSSR count). The standard InChI is InChI=1S/C25H48NO9P/c1-3-4-5-6-11-15-18-25(29)35-23(21-34-36(30,31)32)20-33-24(28)17-14-12-9-7-8-10-13-16-19-26-22(2)27/h23H,3-21H2,1-2H3,(H,26,27)(H2,30,31,32)/t23-/m1/s1. The van der Waals surface area contributed by atoms with Crippen LogP contribution in [-0.4, -0.2) is 53.5 Å². The van der Waals surface area contributed by atoms with Crippen LogP contribution in [0.2, 0.25) is 0 Å². The zero-order valence-electron chi connectivity index (χ0n) is 22.2. The highest BCUT2D eigenvalue weighted by atomic mass is 31.2. The minimum Gasteiger partial charge on any atom is -0.462 e. The number of nitrogens with one attached hydrogen (secondary N) is 1. The van der Waals surface area contributed by atoms with Gasteiger partial charge in [0.15, 0.2) is 6.10 Å². The van der Waals surface area contributed by atoms with Gasteiger partial charge in [0.2, 0.25) is 5.91 Å². The van der Waals surface area contributed by atoms with E-state index in [2.05, 4.69) is 16.8 Å². The Morgan fingerprint density at radius 1 is 0.750 bits per heavy atom. The number of amides is 1. The fourth-order valence-corrected chi connectivity index (χ4v) is 3.93. The minimum atomic E-state index is -4.74. The number of esters is 2. The van der Waals surface area contributed by atoms with E-state index in [4.69, 9.17) is 19.3 Å². The highest BCUT2D eigenvalue weighted by molar-refractivity contribution is 7.46. The Labute approximate surface area is 216 Å². The number of hydrogen-bond donors (Lipinski definition) is 3. The molecule has 0 aromatic heterocycles. The van der Waals surface area contributed by atoms with Crippen molar-refractivity contribution < 1.29 is 42.7 Å². The summed E-state index contributed by atoms with van der Waals surface area (Å²) in [5.74, 6) is -0.944. The van der Waals surface area contributed by atoms with E-state index in [0.29, 0.717) is 12.8 Å². The first kappa shape index (κ1) is 34.5. The van der Waals surface area contributed by atoms with E-state index in [9.17, 15) is 18.9 Å². The lowest BCUT2D eigenvalue weighted by molar-refractivity contribution is -0.161. The normalized spacial score (nSPS) is 12.2. The minimum absolute atomic E-state index is 0.00281. The van der Waals surface area contributed by atoms with E-state index in [1.165, 1.54) is 13.3 Å². The third-order valence-corrected chi connectivity index (χ3v) is 6.06. The van der Waals surface area contributed by atoms with E-state index in [-0.39, 0.29) is 25.4 Å². The summed E-state index contributed by atoms with van der Waals surface area (Å²) in [6, 6.07) is 0. The van der Waals surface area contributed by atoms with E-state index in [1.807, 2.05) is 0 Å². The number of phosphoric acid groups is 1. The first-order valence-corrected chi connectivity index (χ1v) is 15.0. The Morgan fingerprint density at radius 2 is 1.25 bits per heavy atom. The van der Waals surface area contributed by atoms with Gasteiger partial charge in [0.25, 0.3) is 0 Å². The molecule has 3 N–H and O–H groups in total. The van der Waals surface area contributed by atoms with Gasteiger partial charge in [0.1, 0.15) is 6.61 Å². The van der Waals surface area contributed by atoms with Crippen LogP contribution in [-0.2, 0) is 32.9 Å². The van der Waals surface area contributed by atoms with Crippen molar-refractivity contribution in [3.63, 3.8) is 0 Å². The fraction of sp³-hybridized carbons (Fsp3) is 0.880. The molecule has 0 bridgehead atoms. The number of unbranched alkanes of at least 4 members (excludes halogenated alkanes) is 12. The third kappa shape index (κ3) is 25.6. The van der Waals surface area contributed by atoms with Crippen LogP contribution in [0.3, 0.4) is 0 Å². The molecule has 0 heterocycles. The van der Waals surface area contributed by atoms with E-state index in [0.717, 1.165) is 77.2 Å². The largest absolute Gasteiger partial charge is 0.469 e. The van der Waals surface area contributed by atoms with Crippen LogP contribution < -0.4 is 5.32 Å². The molecule has 0 aliphatic heterocycles. The summed E-state index contributed by atoms with van der Waals surface area (Å²) in [5, 5.41) is 2.78. The van der Waals surface area contributed by atoms with Crippen LogP contribution in [0.25, 0.3) is 0 Å². The predicted molar refractivity (Wildman–Crippen MR) is 137 cm³/mol. The molecule has 10 nitrogen and oxygen atoms in total. The number of carbonyl (C=O) groups is 3. The molecule has 0 aromatic carbocycles. The molecule has 11 heteroatoms. The van der Waals surface area contributed by atoms with Gasteiger partial charge in [-0.15, -0.1) is 0 Å². The van der Waals surface area contributed by atoms with Gasteiger partial charge in [-0.1, -0.05) is 77.6 Å². The zero-order chi connectivity index (χ0) is 27.1. The SMILES string of the molecule is CCCCCCCCC(=O)O[C@H](COC(=O)CCCCCCCCCCNC(C)=O)COP(=O)(O)O. The predicted octanol–water partition coefficient (Wildman–Crippen LogP) is 4.95.